The summed E-state index contributed by atoms with van der Waals surface area (Å²) in [6, 6.07) is 13.3. The molecule has 1 aliphatic heterocycles. The Morgan fingerprint density at radius 1 is 1.11 bits per heavy atom. The maximum atomic E-state index is 13.7. The molecular weight excluding hydrogens is 457 g/mol. The van der Waals surface area contributed by atoms with E-state index in [0.29, 0.717) is 18.2 Å². The fourth-order valence-corrected chi connectivity index (χ4v) is 6.33. The fourth-order valence-electron chi connectivity index (χ4n) is 6.33. The third-order valence-corrected chi connectivity index (χ3v) is 8.75. The molecule has 1 saturated heterocycles. The van der Waals surface area contributed by atoms with Crippen LogP contribution in [0.1, 0.15) is 50.5 Å². The number of carbonyl (C=O) groups is 2. The van der Waals surface area contributed by atoms with E-state index in [9.17, 15) is 14.0 Å². The molecule has 8 heteroatoms. The van der Waals surface area contributed by atoms with E-state index in [1.807, 2.05) is 0 Å². The number of urea groups is 1. The zero-order valence-electron chi connectivity index (χ0n) is 21.3. The lowest BCUT2D eigenvalue weighted by Crippen LogP contribution is -2.56. The molecule has 5 rings (SSSR count). The van der Waals surface area contributed by atoms with Crippen LogP contribution >= 0.6 is 0 Å². The molecule has 2 aliphatic carbocycles. The van der Waals surface area contributed by atoms with Gasteiger partial charge in [0.15, 0.2) is 0 Å². The molecule has 7 nitrogen and oxygen atoms in total. The second kappa shape index (κ2) is 9.81. The van der Waals surface area contributed by atoms with Crippen LogP contribution in [0.4, 0.5) is 14.9 Å². The number of benzene rings is 1. The monoisotopic (exact) mass is 493 g/mol. The molecule has 1 spiro atoms. The first kappa shape index (κ1) is 24.7. The van der Waals surface area contributed by atoms with Crippen LogP contribution in [0.5, 0.6) is 0 Å². The number of carbonyl (C=O) groups excluding carboxylic acids is 2. The average molecular weight is 494 g/mol. The molecule has 0 bridgehead atoms. The number of nitrogens with one attached hydrogen (secondary N) is 1. The van der Waals surface area contributed by atoms with Gasteiger partial charge in [-0.05, 0) is 76.2 Å². The van der Waals surface area contributed by atoms with Crippen LogP contribution in [-0.2, 0) is 10.3 Å². The molecule has 2 saturated carbocycles. The number of hydrogen-bond acceptors (Lipinski definition) is 4. The summed E-state index contributed by atoms with van der Waals surface area (Å²) in [4.78, 5) is 36.2. The predicted molar refractivity (Wildman–Crippen MR) is 137 cm³/mol. The maximum absolute atomic E-state index is 13.7. The second-order valence-electron chi connectivity index (χ2n) is 11.0. The molecule has 0 radical (unpaired) electrons. The summed E-state index contributed by atoms with van der Waals surface area (Å²) >= 11 is 0. The molecule has 0 atom stereocenters. The molecule has 1 aromatic carbocycles. The number of aromatic nitrogens is 1. The van der Waals surface area contributed by atoms with Gasteiger partial charge in [0.1, 0.15) is 6.54 Å². The lowest BCUT2D eigenvalue weighted by atomic mass is 9.68. The normalized spacial score (nSPS) is 26.5. The van der Waals surface area contributed by atoms with Crippen molar-refractivity contribution in [1.82, 2.24) is 19.7 Å². The van der Waals surface area contributed by atoms with E-state index in [4.69, 9.17) is 0 Å². The second-order valence-corrected chi connectivity index (χ2v) is 11.0. The van der Waals surface area contributed by atoms with Gasteiger partial charge in [0.2, 0.25) is 11.9 Å². The van der Waals surface area contributed by atoms with Crippen molar-refractivity contribution in [2.24, 2.45) is 5.92 Å². The summed E-state index contributed by atoms with van der Waals surface area (Å²) in [6.07, 6.45) is 8.58. The van der Waals surface area contributed by atoms with Crippen LogP contribution in [-0.4, -0.2) is 70.9 Å². The van der Waals surface area contributed by atoms with Crippen molar-refractivity contribution >= 4 is 17.6 Å². The van der Waals surface area contributed by atoms with Gasteiger partial charge in [-0.2, -0.15) is 4.39 Å². The van der Waals surface area contributed by atoms with Crippen molar-refractivity contribution in [1.29, 1.82) is 0 Å². The number of hydrogen-bond donors (Lipinski definition) is 1. The Labute approximate surface area is 212 Å². The highest BCUT2D eigenvalue weighted by molar-refractivity contribution is 5.94. The molecule has 0 unspecified atom stereocenters. The fraction of sp³-hybridized carbons (Fsp3) is 0.536. The van der Waals surface area contributed by atoms with Crippen molar-refractivity contribution in [2.75, 3.05) is 39.0 Å². The Kier molecular flexibility index (Phi) is 6.72. The molecule has 2 heterocycles. The van der Waals surface area contributed by atoms with Crippen LogP contribution < -0.4 is 5.32 Å². The zero-order valence-corrected chi connectivity index (χ0v) is 21.3. The standard InChI is InChI=1S/C28H36FN5O2/c1-32(2)28(22-9-4-3-5-10-22)15-13-27(14-16-28)20-33(26(36)34(27)18-21-7-6-8-21)19-25(35)31-23-11-12-24(29)30-17-23/h3-5,9-12,17,21H,6-8,13-16,18-20H2,1-2H3,(H,31,35)/t27-,28+. The SMILES string of the molecule is CN(C)[C@]1(c2ccccc2)CC[C@]2(CC1)CN(CC(=O)Nc1ccc(F)nc1)C(=O)N2CC1CCC1. The summed E-state index contributed by atoms with van der Waals surface area (Å²) in [7, 11) is 4.30. The van der Waals surface area contributed by atoms with Gasteiger partial charge in [-0.3, -0.25) is 9.69 Å². The Morgan fingerprint density at radius 3 is 2.42 bits per heavy atom. The highest BCUT2D eigenvalue weighted by Crippen LogP contribution is 2.49. The van der Waals surface area contributed by atoms with E-state index in [2.05, 4.69) is 64.5 Å². The van der Waals surface area contributed by atoms with Gasteiger partial charge in [-0.1, -0.05) is 36.8 Å². The summed E-state index contributed by atoms with van der Waals surface area (Å²) in [5.74, 6) is -0.336. The van der Waals surface area contributed by atoms with Crippen LogP contribution in [0.2, 0.25) is 0 Å². The van der Waals surface area contributed by atoms with Gasteiger partial charge < -0.3 is 15.1 Å². The minimum atomic E-state index is -0.599. The van der Waals surface area contributed by atoms with E-state index < -0.39 is 5.95 Å². The van der Waals surface area contributed by atoms with Crippen LogP contribution in [0, 0.1) is 11.9 Å². The Balaban J connectivity index is 1.33. The lowest BCUT2D eigenvalue weighted by molar-refractivity contribution is -0.116. The molecule has 192 valence electrons. The third-order valence-electron chi connectivity index (χ3n) is 8.75. The Hall–Kier alpha value is -3.00. The van der Waals surface area contributed by atoms with Crippen molar-refractivity contribution in [2.45, 2.75) is 56.0 Å². The summed E-state index contributed by atoms with van der Waals surface area (Å²) in [5.41, 5.74) is 1.44. The molecule has 36 heavy (non-hydrogen) atoms. The highest BCUT2D eigenvalue weighted by Gasteiger charge is 2.55. The number of amides is 3. The smallest absolute Gasteiger partial charge is 0.321 e. The maximum Gasteiger partial charge on any atom is 0.321 e. The first-order valence-corrected chi connectivity index (χ1v) is 13.0. The Morgan fingerprint density at radius 2 is 1.83 bits per heavy atom. The van der Waals surface area contributed by atoms with E-state index in [0.717, 1.165) is 32.2 Å². The first-order valence-electron chi connectivity index (χ1n) is 13.0. The number of anilines is 1. The molecule has 2 aromatic rings. The van der Waals surface area contributed by atoms with E-state index in [-0.39, 0.29) is 29.6 Å². The van der Waals surface area contributed by atoms with Gasteiger partial charge in [0.25, 0.3) is 0 Å². The van der Waals surface area contributed by atoms with Crippen molar-refractivity contribution in [3.63, 3.8) is 0 Å². The minimum Gasteiger partial charge on any atom is -0.323 e. The van der Waals surface area contributed by atoms with E-state index in [1.165, 1.54) is 43.2 Å². The molecular formula is C28H36FN5O2. The molecule has 3 aliphatic rings. The van der Waals surface area contributed by atoms with Crippen molar-refractivity contribution < 1.29 is 14.0 Å². The molecule has 3 fully saturated rings. The minimum absolute atomic E-state index is 0.0172. The quantitative estimate of drug-likeness (QED) is 0.578. The van der Waals surface area contributed by atoms with E-state index >= 15 is 0 Å². The predicted octanol–water partition coefficient (Wildman–Crippen LogP) is 4.47. The zero-order chi connectivity index (χ0) is 25.3. The molecule has 1 aromatic heterocycles. The molecule has 3 amide bonds. The summed E-state index contributed by atoms with van der Waals surface area (Å²) in [6.45, 7) is 1.32. The van der Waals surface area contributed by atoms with Crippen LogP contribution in [0.3, 0.4) is 0 Å². The van der Waals surface area contributed by atoms with Gasteiger partial charge in [0, 0.05) is 18.6 Å². The number of rotatable bonds is 7. The third kappa shape index (κ3) is 4.59. The largest absolute Gasteiger partial charge is 0.323 e. The van der Waals surface area contributed by atoms with Gasteiger partial charge in [0.05, 0.1) is 17.4 Å². The Bertz CT molecular complexity index is 1080. The average Bonchev–Trinajstić information content (AvgIpc) is 3.08. The first-order chi connectivity index (χ1) is 17.3. The lowest BCUT2D eigenvalue weighted by Gasteiger charge is -2.51. The molecule has 1 N–H and O–H groups in total. The highest BCUT2D eigenvalue weighted by atomic mass is 19.1. The number of halogens is 1. The summed E-state index contributed by atoms with van der Waals surface area (Å²) < 4.78 is 13.1. The van der Waals surface area contributed by atoms with E-state index in [1.54, 1.807) is 4.90 Å². The van der Waals surface area contributed by atoms with Crippen molar-refractivity contribution in [3.8, 4) is 0 Å². The van der Waals surface area contributed by atoms with Crippen LogP contribution in [0.15, 0.2) is 48.7 Å². The number of pyridine rings is 1. The number of nitrogens with zero attached hydrogens (tertiary/aromatic N) is 4. The topological polar surface area (TPSA) is 68.8 Å². The van der Waals surface area contributed by atoms with Crippen LogP contribution in [0.25, 0.3) is 0 Å². The van der Waals surface area contributed by atoms with Gasteiger partial charge >= 0.3 is 6.03 Å². The van der Waals surface area contributed by atoms with Gasteiger partial charge in [-0.25, -0.2) is 9.78 Å². The van der Waals surface area contributed by atoms with Crippen molar-refractivity contribution in [3.05, 3.63) is 60.2 Å². The van der Waals surface area contributed by atoms with Gasteiger partial charge in [-0.15, -0.1) is 0 Å². The summed E-state index contributed by atoms with van der Waals surface area (Å²) in [5, 5.41) is 2.75.